The molecule has 0 heterocycles. The molecule has 0 bridgehead atoms. The van der Waals surface area contributed by atoms with E-state index in [0.717, 1.165) is 29.5 Å². The van der Waals surface area contributed by atoms with Crippen molar-refractivity contribution < 1.29 is 4.92 Å². The van der Waals surface area contributed by atoms with Crippen molar-refractivity contribution in [2.45, 2.75) is 44.4 Å². The van der Waals surface area contributed by atoms with Gasteiger partial charge in [0.15, 0.2) is 0 Å². The summed E-state index contributed by atoms with van der Waals surface area (Å²) in [4.78, 5) is 11.5. The van der Waals surface area contributed by atoms with Crippen LogP contribution in [0, 0.1) is 10.1 Å². The highest BCUT2D eigenvalue weighted by Gasteiger charge is 2.26. The molecule has 0 amide bonds. The summed E-state index contributed by atoms with van der Waals surface area (Å²) in [6, 6.07) is 15.8. The predicted octanol–water partition coefficient (Wildman–Crippen LogP) is 5.23. The Labute approximate surface area is 131 Å². The highest BCUT2D eigenvalue weighted by atomic mass is 16.6. The largest absolute Gasteiger partial charge is 0.276 e. The van der Waals surface area contributed by atoms with Crippen LogP contribution in [0.1, 0.15) is 54.7 Å². The van der Waals surface area contributed by atoms with Crippen molar-refractivity contribution >= 4 is 5.69 Å². The topological polar surface area (TPSA) is 43.1 Å². The van der Waals surface area contributed by atoms with Gasteiger partial charge in [0.05, 0.1) is 4.92 Å². The van der Waals surface area contributed by atoms with Gasteiger partial charge in [-0.05, 0) is 24.3 Å². The fourth-order valence-electron chi connectivity index (χ4n) is 3.54. The SMILES string of the molecule is O=[N+]([O-])c1c(Cc2ccccc2)cccc1C1CCCCC1. The Bertz CT molecular complexity index is 646. The molecule has 2 aromatic rings. The van der Waals surface area contributed by atoms with Gasteiger partial charge in [0.1, 0.15) is 0 Å². The van der Waals surface area contributed by atoms with Crippen molar-refractivity contribution in [3.05, 3.63) is 75.3 Å². The summed E-state index contributed by atoms with van der Waals surface area (Å²) in [7, 11) is 0. The first-order chi connectivity index (χ1) is 10.8. The molecule has 3 rings (SSSR count). The second-order valence-electron chi connectivity index (χ2n) is 6.11. The second-order valence-corrected chi connectivity index (χ2v) is 6.11. The molecular formula is C19H21NO2. The number of nitro benzene ring substituents is 1. The Balaban J connectivity index is 1.97. The number of benzene rings is 2. The normalized spacial score (nSPS) is 15.6. The molecular weight excluding hydrogens is 274 g/mol. The van der Waals surface area contributed by atoms with Gasteiger partial charge in [0, 0.05) is 17.5 Å². The number of nitrogens with zero attached hydrogens (tertiary/aromatic N) is 1. The molecule has 0 saturated heterocycles. The van der Waals surface area contributed by atoms with Crippen molar-refractivity contribution in [3.63, 3.8) is 0 Å². The number of para-hydroxylation sites is 1. The maximum atomic E-state index is 11.7. The monoisotopic (exact) mass is 295 g/mol. The lowest BCUT2D eigenvalue weighted by Gasteiger charge is -2.22. The molecule has 0 atom stereocenters. The number of hydrogen-bond donors (Lipinski definition) is 0. The van der Waals surface area contributed by atoms with E-state index in [1.807, 2.05) is 48.5 Å². The number of hydrogen-bond acceptors (Lipinski definition) is 2. The summed E-state index contributed by atoms with van der Waals surface area (Å²) in [5.74, 6) is 0.352. The lowest BCUT2D eigenvalue weighted by molar-refractivity contribution is -0.386. The van der Waals surface area contributed by atoms with Crippen LogP contribution in [0.2, 0.25) is 0 Å². The van der Waals surface area contributed by atoms with Gasteiger partial charge in [-0.1, -0.05) is 67.8 Å². The van der Waals surface area contributed by atoms with Crippen LogP contribution >= 0.6 is 0 Å². The fraction of sp³-hybridized carbons (Fsp3) is 0.368. The van der Waals surface area contributed by atoms with E-state index >= 15 is 0 Å². The molecule has 1 saturated carbocycles. The Morgan fingerprint density at radius 1 is 0.955 bits per heavy atom. The molecule has 1 aliphatic rings. The first-order valence-electron chi connectivity index (χ1n) is 8.06. The molecule has 3 nitrogen and oxygen atoms in total. The van der Waals surface area contributed by atoms with E-state index in [1.54, 1.807) is 0 Å². The van der Waals surface area contributed by atoms with E-state index in [-0.39, 0.29) is 4.92 Å². The first kappa shape index (κ1) is 14.8. The molecule has 0 aromatic heterocycles. The third-order valence-electron chi connectivity index (χ3n) is 4.62. The molecule has 114 valence electrons. The van der Waals surface area contributed by atoms with Crippen molar-refractivity contribution in [2.75, 3.05) is 0 Å². The smallest absolute Gasteiger partial charge is 0.258 e. The summed E-state index contributed by atoms with van der Waals surface area (Å²) in [5, 5.41) is 11.7. The molecule has 2 aromatic carbocycles. The molecule has 1 aliphatic carbocycles. The predicted molar refractivity (Wildman–Crippen MR) is 88.2 cm³/mol. The summed E-state index contributed by atoms with van der Waals surface area (Å²) in [6.45, 7) is 0. The maximum Gasteiger partial charge on any atom is 0.276 e. The average molecular weight is 295 g/mol. The number of nitro groups is 1. The Morgan fingerprint density at radius 3 is 2.36 bits per heavy atom. The van der Waals surface area contributed by atoms with E-state index in [9.17, 15) is 10.1 Å². The number of rotatable bonds is 4. The Kier molecular flexibility index (Phi) is 4.52. The van der Waals surface area contributed by atoms with Crippen LogP contribution in [-0.2, 0) is 6.42 Å². The lowest BCUT2D eigenvalue weighted by atomic mass is 9.82. The van der Waals surface area contributed by atoms with E-state index in [1.165, 1.54) is 19.3 Å². The maximum absolute atomic E-state index is 11.7. The van der Waals surface area contributed by atoms with Gasteiger partial charge in [-0.3, -0.25) is 10.1 Å². The van der Waals surface area contributed by atoms with Crippen LogP contribution in [0.5, 0.6) is 0 Å². The van der Waals surface area contributed by atoms with Crippen LogP contribution < -0.4 is 0 Å². The highest BCUT2D eigenvalue weighted by Crippen LogP contribution is 2.39. The van der Waals surface area contributed by atoms with Crippen molar-refractivity contribution in [1.82, 2.24) is 0 Å². The second kappa shape index (κ2) is 6.73. The van der Waals surface area contributed by atoms with Crippen molar-refractivity contribution in [3.8, 4) is 0 Å². The minimum Gasteiger partial charge on any atom is -0.258 e. The van der Waals surface area contributed by atoms with Gasteiger partial charge in [-0.25, -0.2) is 0 Å². The minimum absolute atomic E-state index is 0.178. The zero-order chi connectivity index (χ0) is 15.4. The molecule has 0 aliphatic heterocycles. The molecule has 0 spiro atoms. The highest BCUT2D eigenvalue weighted by molar-refractivity contribution is 5.51. The zero-order valence-electron chi connectivity index (χ0n) is 12.7. The summed E-state index contributed by atoms with van der Waals surface area (Å²) >= 11 is 0. The molecule has 0 unspecified atom stereocenters. The first-order valence-corrected chi connectivity index (χ1v) is 8.06. The van der Waals surface area contributed by atoms with Gasteiger partial charge >= 0.3 is 0 Å². The minimum atomic E-state index is -0.178. The lowest BCUT2D eigenvalue weighted by Crippen LogP contribution is -2.09. The van der Waals surface area contributed by atoms with E-state index in [4.69, 9.17) is 0 Å². The van der Waals surface area contributed by atoms with E-state index in [2.05, 4.69) is 0 Å². The molecule has 0 radical (unpaired) electrons. The van der Waals surface area contributed by atoms with E-state index in [0.29, 0.717) is 18.0 Å². The van der Waals surface area contributed by atoms with Gasteiger partial charge in [0.25, 0.3) is 5.69 Å². The fourth-order valence-corrected chi connectivity index (χ4v) is 3.54. The van der Waals surface area contributed by atoms with Gasteiger partial charge in [-0.15, -0.1) is 0 Å². The van der Waals surface area contributed by atoms with Gasteiger partial charge < -0.3 is 0 Å². The van der Waals surface area contributed by atoms with Gasteiger partial charge in [-0.2, -0.15) is 0 Å². The molecule has 1 fully saturated rings. The quantitative estimate of drug-likeness (QED) is 0.572. The van der Waals surface area contributed by atoms with Crippen LogP contribution in [0.15, 0.2) is 48.5 Å². The third-order valence-corrected chi connectivity index (χ3v) is 4.62. The van der Waals surface area contributed by atoms with Crippen LogP contribution in [0.25, 0.3) is 0 Å². The summed E-state index contributed by atoms with van der Waals surface area (Å²) < 4.78 is 0. The average Bonchev–Trinajstić information content (AvgIpc) is 2.56. The van der Waals surface area contributed by atoms with Gasteiger partial charge in [0.2, 0.25) is 0 Å². The van der Waals surface area contributed by atoms with E-state index < -0.39 is 0 Å². The molecule has 0 N–H and O–H groups in total. The third kappa shape index (κ3) is 3.19. The van der Waals surface area contributed by atoms with Crippen LogP contribution in [0.3, 0.4) is 0 Å². The van der Waals surface area contributed by atoms with Crippen LogP contribution in [-0.4, -0.2) is 4.92 Å². The Morgan fingerprint density at radius 2 is 1.68 bits per heavy atom. The molecule has 22 heavy (non-hydrogen) atoms. The summed E-state index contributed by atoms with van der Waals surface area (Å²) in [6.07, 6.45) is 6.41. The van der Waals surface area contributed by atoms with Crippen molar-refractivity contribution in [2.24, 2.45) is 0 Å². The Hall–Kier alpha value is -2.16. The van der Waals surface area contributed by atoms with Crippen molar-refractivity contribution in [1.29, 1.82) is 0 Å². The zero-order valence-corrected chi connectivity index (χ0v) is 12.7. The molecule has 3 heteroatoms. The summed E-state index contributed by atoms with van der Waals surface area (Å²) in [5.41, 5.74) is 3.24. The van der Waals surface area contributed by atoms with Crippen LogP contribution in [0.4, 0.5) is 5.69 Å². The standard InChI is InChI=1S/C19H21NO2/c21-20(22)19-17(14-15-8-3-1-4-9-15)12-7-13-18(19)16-10-5-2-6-11-16/h1,3-4,7-9,12-13,16H,2,5-6,10-11,14H2.